The highest BCUT2D eigenvalue weighted by atomic mass is 35.5. The van der Waals surface area contributed by atoms with Crippen molar-refractivity contribution in [2.45, 2.75) is 32.7 Å². The molecule has 2 heterocycles. The number of ketones is 1. The summed E-state index contributed by atoms with van der Waals surface area (Å²) in [4.78, 5) is 20.2. The quantitative estimate of drug-likeness (QED) is 0.588. The third kappa shape index (κ3) is 3.48. The van der Waals surface area contributed by atoms with Crippen molar-refractivity contribution in [1.29, 1.82) is 0 Å². The van der Waals surface area contributed by atoms with Gasteiger partial charge >= 0.3 is 0 Å². The molecule has 0 spiro atoms. The second kappa shape index (κ2) is 7.48. The van der Waals surface area contributed by atoms with E-state index in [0.717, 1.165) is 34.5 Å². The Kier molecular flexibility index (Phi) is 4.86. The van der Waals surface area contributed by atoms with Gasteiger partial charge in [-0.3, -0.25) is 4.79 Å². The van der Waals surface area contributed by atoms with Gasteiger partial charge in [0.05, 0.1) is 0 Å². The van der Waals surface area contributed by atoms with E-state index in [2.05, 4.69) is 24.1 Å². The van der Waals surface area contributed by atoms with Crippen molar-refractivity contribution in [3.05, 3.63) is 70.4 Å². The lowest BCUT2D eigenvalue weighted by atomic mass is 9.73. The minimum atomic E-state index is -0.402. The molecule has 0 amide bonds. The molecule has 1 atom stereocenters. The number of carbonyl (C=O) groups is 1. The molecular weight excluding hydrogens is 422 g/mol. The fraction of sp³-hybridized carbons (Fsp3) is 0.320. The van der Waals surface area contributed by atoms with Crippen LogP contribution in [-0.4, -0.2) is 34.6 Å². The van der Waals surface area contributed by atoms with Gasteiger partial charge in [0.2, 0.25) is 5.95 Å². The predicted octanol–water partition coefficient (Wildman–Crippen LogP) is 5.32. The smallest absolute Gasteiger partial charge is 0.226 e. The number of hydrogen-bond acceptors (Lipinski definition) is 5. The highest BCUT2D eigenvalue weighted by molar-refractivity contribution is 6.31. The van der Waals surface area contributed by atoms with Gasteiger partial charge in [-0.25, -0.2) is 4.68 Å². The van der Waals surface area contributed by atoms with Crippen molar-refractivity contribution in [3.8, 4) is 11.4 Å². The average Bonchev–Trinajstić information content (AvgIpc) is 3.15. The van der Waals surface area contributed by atoms with Gasteiger partial charge in [-0.15, -0.1) is 5.10 Å². The zero-order valence-corrected chi connectivity index (χ0v) is 19.4. The normalized spacial score (nSPS) is 19.3. The zero-order valence-electron chi connectivity index (χ0n) is 18.7. The number of aromatic nitrogens is 3. The third-order valence-corrected chi connectivity index (χ3v) is 6.52. The molecule has 6 nitrogen and oxygen atoms in total. The van der Waals surface area contributed by atoms with Crippen molar-refractivity contribution in [3.63, 3.8) is 0 Å². The molecular formula is C25H26ClN5O. The molecule has 1 aromatic heterocycles. The molecule has 1 aliphatic carbocycles. The topological polar surface area (TPSA) is 63.1 Å². The summed E-state index contributed by atoms with van der Waals surface area (Å²) in [5, 5.41) is 8.87. The van der Waals surface area contributed by atoms with E-state index in [1.165, 1.54) is 0 Å². The lowest BCUT2D eigenvalue weighted by Gasteiger charge is -2.38. The summed E-state index contributed by atoms with van der Waals surface area (Å²) in [5.41, 5.74) is 4.43. The Morgan fingerprint density at radius 2 is 1.81 bits per heavy atom. The maximum absolute atomic E-state index is 13.3. The van der Waals surface area contributed by atoms with Crippen LogP contribution in [0.2, 0.25) is 5.02 Å². The highest BCUT2D eigenvalue weighted by Crippen LogP contribution is 2.46. The van der Waals surface area contributed by atoms with Gasteiger partial charge in [-0.05, 0) is 42.2 Å². The van der Waals surface area contributed by atoms with Crippen LogP contribution in [0.15, 0.2) is 59.8 Å². The Morgan fingerprint density at radius 1 is 1.09 bits per heavy atom. The average molecular weight is 448 g/mol. The standard InChI is InChI=1S/C25H26ClN5O/c1-25(2)13-19-21(20(32)14-25)22(17-7-5-6-8-18(17)26)31-24(27-19)28-23(29-31)15-9-11-16(12-10-15)30(3)4/h5-12,22H,13-14H2,1-4H3,(H,27,28,29). The predicted molar refractivity (Wildman–Crippen MR) is 128 cm³/mol. The largest absolute Gasteiger partial charge is 0.378 e. The van der Waals surface area contributed by atoms with Crippen LogP contribution in [0, 0.1) is 5.41 Å². The molecule has 1 unspecified atom stereocenters. The Bertz CT molecular complexity index is 1240. The first kappa shape index (κ1) is 20.8. The molecule has 5 rings (SSSR count). The van der Waals surface area contributed by atoms with Gasteiger partial charge in [0.15, 0.2) is 11.6 Å². The van der Waals surface area contributed by atoms with E-state index in [4.69, 9.17) is 21.7 Å². The van der Waals surface area contributed by atoms with Gasteiger partial charge in [0.1, 0.15) is 6.04 Å². The summed E-state index contributed by atoms with van der Waals surface area (Å²) in [6.45, 7) is 4.25. The molecule has 0 bridgehead atoms. The zero-order chi connectivity index (χ0) is 22.6. The van der Waals surface area contributed by atoms with E-state index in [0.29, 0.717) is 23.2 Å². The van der Waals surface area contributed by atoms with Gasteiger partial charge in [0, 0.05) is 53.6 Å². The molecule has 0 radical (unpaired) electrons. The summed E-state index contributed by atoms with van der Waals surface area (Å²) in [7, 11) is 4.02. The molecule has 1 aliphatic heterocycles. The number of carbonyl (C=O) groups excluding carboxylic acids is 1. The van der Waals surface area contributed by atoms with Gasteiger partial charge in [0.25, 0.3) is 0 Å². The molecule has 2 aliphatic rings. The molecule has 0 saturated carbocycles. The van der Waals surface area contributed by atoms with E-state index < -0.39 is 6.04 Å². The molecule has 3 aromatic rings. The number of hydrogen-bond donors (Lipinski definition) is 1. The van der Waals surface area contributed by atoms with Crippen molar-refractivity contribution in [2.75, 3.05) is 24.3 Å². The maximum atomic E-state index is 13.3. The van der Waals surface area contributed by atoms with Crippen molar-refractivity contribution in [1.82, 2.24) is 14.8 Å². The summed E-state index contributed by atoms with van der Waals surface area (Å²) in [5.74, 6) is 1.37. The van der Waals surface area contributed by atoms with Gasteiger partial charge < -0.3 is 10.2 Å². The fourth-order valence-corrected chi connectivity index (χ4v) is 4.86. The first-order valence-corrected chi connectivity index (χ1v) is 11.1. The number of anilines is 2. The number of allylic oxidation sites excluding steroid dienone is 2. The maximum Gasteiger partial charge on any atom is 0.226 e. The van der Waals surface area contributed by atoms with Crippen LogP contribution < -0.4 is 10.2 Å². The van der Waals surface area contributed by atoms with E-state index in [-0.39, 0.29) is 11.2 Å². The summed E-state index contributed by atoms with van der Waals surface area (Å²) < 4.78 is 1.81. The Hall–Kier alpha value is -3.12. The van der Waals surface area contributed by atoms with Crippen molar-refractivity contribution < 1.29 is 4.79 Å². The lowest BCUT2D eigenvalue weighted by Crippen LogP contribution is -2.36. The van der Waals surface area contributed by atoms with Crippen molar-refractivity contribution >= 4 is 29.0 Å². The van der Waals surface area contributed by atoms with Crippen LogP contribution in [0.1, 0.15) is 38.3 Å². The summed E-state index contributed by atoms with van der Waals surface area (Å²) in [6, 6.07) is 15.4. The van der Waals surface area contributed by atoms with Crippen LogP contribution in [-0.2, 0) is 4.79 Å². The van der Waals surface area contributed by atoms with E-state index in [1.54, 1.807) is 0 Å². The minimum absolute atomic E-state index is 0.110. The molecule has 164 valence electrons. The number of nitrogens with one attached hydrogen (secondary N) is 1. The third-order valence-electron chi connectivity index (χ3n) is 6.17. The summed E-state index contributed by atoms with van der Waals surface area (Å²) in [6.07, 6.45) is 1.27. The lowest BCUT2D eigenvalue weighted by molar-refractivity contribution is -0.118. The van der Waals surface area contributed by atoms with Crippen LogP contribution in [0.3, 0.4) is 0 Å². The fourth-order valence-electron chi connectivity index (χ4n) is 4.62. The molecule has 7 heteroatoms. The van der Waals surface area contributed by atoms with Crippen LogP contribution in [0.25, 0.3) is 11.4 Å². The van der Waals surface area contributed by atoms with E-state index in [1.807, 2.05) is 67.3 Å². The molecule has 2 aromatic carbocycles. The molecule has 1 N–H and O–H groups in total. The minimum Gasteiger partial charge on any atom is -0.378 e. The monoisotopic (exact) mass is 447 g/mol. The van der Waals surface area contributed by atoms with E-state index >= 15 is 0 Å². The molecule has 32 heavy (non-hydrogen) atoms. The first-order chi connectivity index (χ1) is 15.2. The number of Topliss-reactive ketones (excluding diaryl/α,β-unsaturated/α-hetero) is 1. The number of nitrogens with zero attached hydrogens (tertiary/aromatic N) is 4. The van der Waals surface area contributed by atoms with Crippen LogP contribution in [0.5, 0.6) is 0 Å². The Labute approximate surface area is 192 Å². The SMILES string of the molecule is CN(C)c1ccc(-c2nc3n(n2)C(c2ccccc2Cl)C2=C(CC(C)(C)CC2=O)N3)cc1. The van der Waals surface area contributed by atoms with Crippen molar-refractivity contribution in [2.24, 2.45) is 5.41 Å². The molecule has 0 saturated heterocycles. The molecule has 0 fully saturated rings. The Balaban J connectivity index is 1.65. The number of rotatable bonds is 3. The van der Waals surface area contributed by atoms with Gasteiger partial charge in [-0.1, -0.05) is 43.6 Å². The number of benzene rings is 2. The van der Waals surface area contributed by atoms with Gasteiger partial charge in [-0.2, -0.15) is 4.98 Å². The van der Waals surface area contributed by atoms with Crippen LogP contribution in [0.4, 0.5) is 11.6 Å². The number of fused-ring (bicyclic) bond motifs is 1. The van der Waals surface area contributed by atoms with Crippen LogP contribution >= 0.6 is 11.6 Å². The second-order valence-corrected chi connectivity index (χ2v) is 9.93. The summed E-state index contributed by atoms with van der Waals surface area (Å²) >= 11 is 6.61. The number of halogens is 1. The first-order valence-electron chi connectivity index (χ1n) is 10.8. The van der Waals surface area contributed by atoms with E-state index in [9.17, 15) is 4.79 Å². The second-order valence-electron chi connectivity index (χ2n) is 9.53. The Morgan fingerprint density at radius 3 is 2.50 bits per heavy atom. The highest BCUT2D eigenvalue weighted by Gasteiger charge is 2.42.